The zero-order valence-corrected chi connectivity index (χ0v) is 14.1. The second-order valence-electron chi connectivity index (χ2n) is 6.14. The molecule has 0 aliphatic carbocycles. The van der Waals surface area contributed by atoms with Crippen molar-refractivity contribution in [3.8, 4) is 0 Å². The third-order valence-electron chi connectivity index (χ3n) is 4.32. The molecule has 0 aliphatic heterocycles. The van der Waals surface area contributed by atoms with E-state index in [9.17, 15) is 18.7 Å². The summed E-state index contributed by atoms with van der Waals surface area (Å²) in [6.07, 6.45) is 0.0930. The molecular weight excluding hydrogens is 336 g/mol. The fourth-order valence-electron chi connectivity index (χ4n) is 2.91. The molecule has 0 saturated carbocycles. The van der Waals surface area contributed by atoms with Crippen molar-refractivity contribution in [1.82, 2.24) is 5.32 Å². The molecule has 3 aromatic carbocycles. The van der Waals surface area contributed by atoms with E-state index in [0.717, 1.165) is 34.5 Å². The third kappa shape index (κ3) is 4.24. The molecular formula is C21H19F2NO2. The lowest BCUT2D eigenvalue weighted by Gasteiger charge is -2.17. The van der Waals surface area contributed by atoms with Gasteiger partial charge in [-0.25, -0.2) is 8.78 Å². The average Bonchev–Trinajstić information content (AvgIpc) is 2.66. The van der Waals surface area contributed by atoms with E-state index < -0.39 is 17.7 Å². The van der Waals surface area contributed by atoms with Crippen molar-refractivity contribution < 1.29 is 18.7 Å². The Morgan fingerprint density at radius 2 is 1.77 bits per heavy atom. The summed E-state index contributed by atoms with van der Waals surface area (Å²) >= 11 is 0. The summed E-state index contributed by atoms with van der Waals surface area (Å²) in [5.74, 6) is -1.40. The molecule has 3 aromatic rings. The Kier molecular flexibility index (Phi) is 5.58. The van der Waals surface area contributed by atoms with Gasteiger partial charge in [0.1, 0.15) is 11.6 Å². The minimum absolute atomic E-state index is 0.00442. The van der Waals surface area contributed by atoms with Crippen LogP contribution in [0, 0.1) is 11.6 Å². The molecule has 5 heteroatoms. The van der Waals surface area contributed by atoms with Crippen LogP contribution >= 0.6 is 0 Å². The highest BCUT2D eigenvalue weighted by molar-refractivity contribution is 5.83. The Bertz CT molecular complexity index is 927. The number of aliphatic hydroxyl groups is 1. The van der Waals surface area contributed by atoms with Crippen molar-refractivity contribution in [2.45, 2.75) is 18.9 Å². The van der Waals surface area contributed by atoms with E-state index >= 15 is 0 Å². The highest BCUT2D eigenvalue weighted by atomic mass is 19.1. The third-order valence-corrected chi connectivity index (χ3v) is 4.32. The largest absolute Gasteiger partial charge is 0.394 e. The van der Waals surface area contributed by atoms with Crippen molar-refractivity contribution in [2.24, 2.45) is 0 Å². The summed E-state index contributed by atoms with van der Waals surface area (Å²) in [7, 11) is 0. The van der Waals surface area contributed by atoms with E-state index in [-0.39, 0.29) is 30.9 Å². The molecule has 1 amide bonds. The van der Waals surface area contributed by atoms with Crippen LogP contribution in [-0.4, -0.2) is 17.6 Å². The van der Waals surface area contributed by atoms with Gasteiger partial charge in [-0.05, 0) is 52.6 Å². The number of halogens is 2. The lowest BCUT2D eigenvalue weighted by atomic mass is 10.0. The highest BCUT2D eigenvalue weighted by Gasteiger charge is 2.15. The molecule has 2 N–H and O–H groups in total. The molecule has 26 heavy (non-hydrogen) atoms. The molecule has 0 bridgehead atoms. The number of aryl methyl sites for hydroxylation is 1. The quantitative estimate of drug-likeness (QED) is 0.705. The molecule has 0 radical (unpaired) electrons. The first-order valence-electron chi connectivity index (χ1n) is 8.39. The minimum Gasteiger partial charge on any atom is -0.394 e. The Hall–Kier alpha value is -2.79. The maximum Gasteiger partial charge on any atom is 0.220 e. The van der Waals surface area contributed by atoms with E-state index in [1.807, 2.05) is 42.5 Å². The number of nitrogens with one attached hydrogen (secondary N) is 1. The first kappa shape index (κ1) is 18.0. The minimum atomic E-state index is -0.551. The van der Waals surface area contributed by atoms with E-state index in [1.165, 1.54) is 0 Å². The second-order valence-corrected chi connectivity index (χ2v) is 6.14. The van der Waals surface area contributed by atoms with Crippen LogP contribution in [0.15, 0.2) is 60.7 Å². The highest BCUT2D eigenvalue weighted by Crippen LogP contribution is 2.20. The van der Waals surface area contributed by atoms with Crippen LogP contribution in [0.25, 0.3) is 10.8 Å². The van der Waals surface area contributed by atoms with Gasteiger partial charge in [-0.15, -0.1) is 0 Å². The Labute approximate surface area is 150 Å². The van der Waals surface area contributed by atoms with Crippen molar-refractivity contribution in [1.29, 1.82) is 0 Å². The number of carbonyl (C=O) groups excluding carboxylic acids is 1. The molecule has 0 aliphatic rings. The zero-order chi connectivity index (χ0) is 18.5. The van der Waals surface area contributed by atoms with Crippen molar-refractivity contribution in [2.75, 3.05) is 6.61 Å². The number of hydrogen-bond acceptors (Lipinski definition) is 2. The number of amides is 1. The van der Waals surface area contributed by atoms with Gasteiger partial charge in [0, 0.05) is 6.42 Å². The lowest BCUT2D eigenvalue weighted by molar-refractivity contribution is -0.122. The van der Waals surface area contributed by atoms with Gasteiger partial charge in [-0.2, -0.15) is 0 Å². The second kappa shape index (κ2) is 8.06. The van der Waals surface area contributed by atoms with Crippen LogP contribution in [0.4, 0.5) is 8.78 Å². The molecule has 134 valence electrons. The predicted molar refractivity (Wildman–Crippen MR) is 96.6 cm³/mol. The smallest absolute Gasteiger partial charge is 0.220 e. The van der Waals surface area contributed by atoms with Crippen LogP contribution in [0.5, 0.6) is 0 Å². The van der Waals surface area contributed by atoms with Crippen LogP contribution in [-0.2, 0) is 11.2 Å². The van der Waals surface area contributed by atoms with Gasteiger partial charge in [0.05, 0.1) is 12.6 Å². The molecule has 1 atom stereocenters. The molecule has 3 nitrogen and oxygen atoms in total. The van der Waals surface area contributed by atoms with E-state index in [1.54, 1.807) is 0 Å². The van der Waals surface area contributed by atoms with Gasteiger partial charge in [-0.1, -0.05) is 36.4 Å². The molecule has 3 rings (SSSR count). The number of carbonyl (C=O) groups is 1. The summed E-state index contributed by atoms with van der Waals surface area (Å²) in [6, 6.07) is 16.2. The maximum absolute atomic E-state index is 13.6. The standard InChI is InChI=1S/C21H19F2NO2/c22-18-8-9-19(23)16(12-18)7-10-21(26)24-20(13-25)17-6-5-14-3-1-2-4-15(14)11-17/h1-6,8-9,11-12,20,25H,7,10,13H2,(H,24,26)/t20-/m0/s1. The van der Waals surface area contributed by atoms with Gasteiger partial charge in [0.15, 0.2) is 0 Å². The Morgan fingerprint density at radius 3 is 2.54 bits per heavy atom. The van der Waals surface area contributed by atoms with Gasteiger partial charge < -0.3 is 10.4 Å². The van der Waals surface area contributed by atoms with E-state index in [2.05, 4.69) is 5.32 Å². The predicted octanol–water partition coefficient (Wildman–Crippen LogP) is 3.90. The maximum atomic E-state index is 13.6. The Morgan fingerprint density at radius 1 is 1.00 bits per heavy atom. The number of fused-ring (bicyclic) bond motifs is 1. The van der Waals surface area contributed by atoms with E-state index in [0.29, 0.717) is 0 Å². The summed E-state index contributed by atoms with van der Waals surface area (Å²) in [5, 5.41) is 14.5. The van der Waals surface area contributed by atoms with Crippen molar-refractivity contribution >= 4 is 16.7 Å². The normalized spacial score (nSPS) is 12.1. The molecule has 0 saturated heterocycles. The number of rotatable bonds is 6. The van der Waals surface area contributed by atoms with Crippen LogP contribution in [0.1, 0.15) is 23.6 Å². The first-order chi connectivity index (χ1) is 12.6. The van der Waals surface area contributed by atoms with Crippen molar-refractivity contribution in [3.05, 3.63) is 83.4 Å². The number of benzene rings is 3. The van der Waals surface area contributed by atoms with Crippen LogP contribution in [0.3, 0.4) is 0 Å². The Balaban J connectivity index is 1.66. The topological polar surface area (TPSA) is 49.3 Å². The fraction of sp³-hybridized carbons (Fsp3) is 0.190. The monoisotopic (exact) mass is 355 g/mol. The molecule has 0 aromatic heterocycles. The number of aliphatic hydroxyl groups excluding tert-OH is 1. The summed E-state index contributed by atoms with van der Waals surface area (Å²) in [6.45, 7) is -0.252. The fourth-order valence-corrected chi connectivity index (χ4v) is 2.91. The molecule has 0 heterocycles. The average molecular weight is 355 g/mol. The molecule has 0 spiro atoms. The van der Waals surface area contributed by atoms with Crippen LogP contribution < -0.4 is 5.32 Å². The molecule has 0 unspecified atom stereocenters. The van der Waals surface area contributed by atoms with E-state index in [4.69, 9.17) is 0 Å². The first-order valence-corrected chi connectivity index (χ1v) is 8.39. The van der Waals surface area contributed by atoms with Crippen LogP contribution in [0.2, 0.25) is 0 Å². The van der Waals surface area contributed by atoms with Gasteiger partial charge >= 0.3 is 0 Å². The molecule has 0 fully saturated rings. The summed E-state index contributed by atoms with van der Waals surface area (Å²) in [5.41, 5.74) is 0.947. The number of hydrogen-bond donors (Lipinski definition) is 2. The van der Waals surface area contributed by atoms with Gasteiger partial charge in [0.25, 0.3) is 0 Å². The van der Waals surface area contributed by atoms with Crippen molar-refractivity contribution in [3.63, 3.8) is 0 Å². The summed E-state index contributed by atoms with van der Waals surface area (Å²) in [4.78, 5) is 12.2. The van der Waals surface area contributed by atoms with Gasteiger partial charge in [0.2, 0.25) is 5.91 Å². The lowest BCUT2D eigenvalue weighted by Crippen LogP contribution is -2.31. The summed E-state index contributed by atoms with van der Waals surface area (Å²) < 4.78 is 26.8. The van der Waals surface area contributed by atoms with Gasteiger partial charge in [-0.3, -0.25) is 4.79 Å². The SMILES string of the molecule is O=C(CCc1cc(F)ccc1F)N[C@@H](CO)c1ccc2ccccc2c1. The zero-order valence-electron chi connectivity index (χ0n) is 14.1.